The molecule has 0 aliphatic rings. The van der Waals surface area contributed by atoms with Gasteiger partial charge in [0, 0.05) is 6.54 Å². The van der Waals surface area contributed by atoms with Crippen molar-refractivity contribution in [3.8, 4) is 0 Å². The maximum Gasteiger partial charge on any atom is 0.262 e. The third-order valence-electron chi connectivity index (χ3n) is 2.93. The number of nitrogens with zero attached hydrogens (tertiary/aromatic N) is 2. The normalized spacial score (nSPS) is 11.4. The molecular formula is C13H16FN3OS. The number of halogens is 1. The van der Waals surface area contributed by atoms with E-state index in [1.807, 2.05) is 19.0 Å². The molecule has 2 rings (SSSR count). The van der Waals surface area contributed by atoms with E-state index in [4.69, 9.17) is 12.2 Å². The number of fused-ring (bicyclic) bond motifs is 1. The van der Waals surface area contributed by atoms with Crippen LogP contribution in [0.2, 0.25) is 0 Å². The van der Waals surface area contributed by atoms with Crippen LogP contribution in [0.1, 0.15) is 6.42 Å². The van der Waals surface area contributed by atoms with Gasteiger partial charge in [0.15, 0.2) is 4.77 Å². The van der Waals surface area contributed by atoms with Gasteiger partial charge in [-0.2, -0.15) is 0 Å². The molecule has 19 heavy (non-hydrogen) atoms. The quantitative estimate of drug-likeness (QED) is 0.873. The van der Waals surface area contributed by atoms with Crippen molar-refractivity contribution in [3.63, 3.8) is 0 Å². The Hall–Kier alpha value is -1.53. The van der Waals surface area contributed by atoms with Gasteiger partial charge in [-0.15, -0.1) is 0 Å². The highest BCUT2D eigenvalue weighted by molar-refractivity contribution is 7.71. The fraction of sp³-hybridized carbons (Fsp3) is 0.385. The Morgan fingerprint density at radius 1 is 1.42 bits per heavy atom. The van der Waals surface area contributed by atoms with Gasteiger partial charge in [-0.3, -0.25) is 9.36 Å². The number of aromatic nitrogens is 2. The number of hydrogen-bond donors (Lipinski definition) is 1. The average Bonchev–Trinajstić information content (AvgIpc) is 2.34. The molecule has 0 amide bonds. The van der Waals surface area contributed by atoms with Gasteiger partial charge < -0.3 is 9.88 Å². The Morgan fingerprint density at radius 3 is 2.84 bits per heavy atom. The van der Waals surface area contributed by atoms with E-state index in [2.05, 4.69) is 4.98 Å². The van der Waals surface area contributed by atoms with Gasteiger partial charge in [0.1, 0.15) is 5.82 Å². The number of nitrogens with one attached hydrogen (secondary N) is 1. The van der Waals surface area contributed by atoms with Crippen LogP contribution in [0.4, 0.5) is 4.39 Å². The van der Waals surface area contributed by atoms with E-state index in [1.54, 1.807) is 0 Å². The standard InChI is InChI=1S/C13H16FN3OS/c1-16(2)6-3-7-17-12(18)10-8-9(14)4-5-11(10)15-13(17)19/h4-5,8H,3,6-7H2,1-2H3,(H,15,19). The number of aromatic amines is 1. The first-order valence-corrected chi connectivity index (χ1v) is 6.47. The van der Waals surface area contributed by atoms with Gasteiger partial charge >= 0.3 is 0 Å². The monoisotopic (exact) mass is 281 g/mol. The molecule has 102 valence electrons. The molecule has 0 aliphatic heterocycles. The van der Waals surface area contributed by atoms with E-state index in [-0.39, 0.29) is 5.56 Å². The molecule has 1 aromatic carbocycles. The van der Waals surface area contributed by atoms with Crippen molar-refractivity contribution < 1.29 is 4.39 Å². The van der Waals surface area contributed by atoms with Gasteiger partial charge in [0.05, 0.1) is 10.9 Å². The highest BCUT2D eigenvalue weighted by Gasteiger charge is 2.06. The second-order valence-corrected chi connectivity index (χ2v) is 5.12. The summed E-state index contributed by atoms with van der Waals surface area (Å²) >= 11 is 5.18. The SMILES string of the molecule is CN(C)CCCn1c(=S)[nH]c2ccc(F)cc2c1=O. The Labute approximate surface area is 115 Å². The number of hydrogen-bond acceptors (Lipinski definition) is 3. The first kappa shape index (κ1) is 13.9. The molecular weight excluding hydrogens is 265 g/mol. The number of rotatable bonds is 4. The average molecular weight is 281 g/mol. The summed E-state index contributed by atoms with van der Waals surface area (Å²) in [6.45, 7) is 1.39. The van der Waals surface area contributed by atoms with Crippen molar-refractivity contribution in [1.82, 2.24) is 14.5 Å². The lowest BCUT2D eigenvalue weighted by Gasteiger charge is -2.11. The highest BCUT2D eigenvalue weighted by Crippen LogP contribution is 2.09. The topological polar surface area (TPSA) is 41.0 Å². The largest absolute Gasteiger partial charge is 0.332 e. The lowest BCUT2D eigenvalue weighted by molar-refractivity contribution is 0.384. The van der Waals surface area contributed by atoms with Crippen LogP contribution in [-0.4, -0.2) is 35.1 Å². The Morgan fingerprint density at radius 2 is 2.16 bits per heavy atom. The summed E-state index contributed by atoms with van der Waals surface area (Å²) in [5.41, 5.74) is 0.331. The zero-order valence-electron chi connectivity index (χ0n) is 10.9. The van der Waals surface area contributed by atoms with E-state index in [1.165, 1.54) is 22.8 Å². The van der Waals surface area contributed by atoms with Crippen LogP contribution in [0.25, 0.3) is 10.9 Å². The van der Waals surface area contributed by atoms with E-state index < -0.39 is 5.82 Å². The summed E-state index contributed by atoms with van der Waals surface area (Å²) in [5.74, 6) is -0.421. The minimum Gasteiger partial charge on any atom is -0.332 e. The first-order chi connectivity index (χ1) is 8.99. The Balaban J connectivity index is 2.44. The van der Waals surface area contributed by atoms with E-state index in [0.717, 1.165) is 13.0 Å². The summed E-state index contributed by atoms with van der Waals surface area (Å²) in [4.78, 5) is 17.3. The molecule has 0 saturated carbocycles. The Kier molecular flexibility index (Phi) is 4.11. The minimum absolute atomic E-state index is 0.239. The number of H-pyrrole nitrogens is 1. The molecule has 0 fully saturated rings. The molecule has 1 heterocycles. The molecule has 0 aliphatic carbocycles. The summed E-state index contributed by atoms with van der Waals surface area (Å²) in [6.07, 6.45) is 0.811. The summed E-state index contributed by atoms with van der Waals surface area (Å²) in [5, 5.41) is 0.332. The zero-order valence-corrected chi connectivity index (χ0v) is 11.8. The first-order valence-electron chi connectivity index (χ1n) is 6.06. The van der Waals surface area contributed by atoms with Crippen molar-refractivity contribution in [2.75, 3.05) is 20.6 Å². The zero-order chi connectivity index (χ0) is 14.0. The minimum atomic E-state index is -0.421. The van der Waals surface area contributed by atoms with Crippen molar-refractivity contribution in [2.45, 2.75) is 13.0 Å². The smallest absolute Gasteiger partial charge is 0.262 e. The third-order valence-corrected chi connectivity index (χ3v) is 3.25. The predicted octanol–water partition coefficient (Wildman–Crippen LogP) is 2.15. The van der Waals surface area contributed by atoms with Gasteiger partial charge in [-0.1, -0.05) is 0 Å². The summed E-state index contributed by atoms with van der Waals surface area (Å²) < 4.78 is 15.1. The van der Waals surface area contributed by atoms with Crippen molar-refractivity contribution in [3.05, 3.63) is 39.1 Å². The van der Waals surface area contributed by atoms with Gasteiger partial charge in [-0.05, 0) is 57.5 Å². The molecule has 2 aromatic rings. The molecule has 1 aromatic heterocycles. The molecule has 0 saturated heterocycles. The molecule has 0 atom stereocenters. The molecule has 1 N–H and O–H groups in total. The molecule has 4 nitrogen and oxygen atoms in total. The summed E-state index contributed by atoms with van der Waals surface area (Å²) in [6, 6.07) is 4.08. The molecule has 0 bridgehead atoms. The van der Waals surface area contributed by atoms with Crippen LogP contribution < -0.4 is 5.56 Å². The maximum atomic E-state index is 13.2. The van der Waals surface area contributed by atoms with E-state index in [0.29, 0.717) is 22.2 Å². The molecule has 0 unspecified atom stereocenters. The highest BCUT2D eigenvalue weighted by atomic mass is 32.1. The maximum absolute atomic E-state index is 13.2. The Bertz CT molecular complexity index is 705. The van der Waals surface area contributed by atoms with Crippen LogP contribution in [0, 0.1) is 10.6 Å². The van der Waals surface area contributed by atoms with Crippen molar-refractivity contribution in [1.29, 1.82) is 0 Å². The van der Waals surface area contributed by atoms with Gasteiger partial charge in [0.2, 0.25) is 0 Å². The predicted molar refractivity (Wildman–Crippen MR) is 76.5 cm³/mol. The molecule has 6 heteroatoms. The fourth-order valence-electron chi connectivity index (χ4n) is 1.97. The van der Waals surface area contributed by atoms with Crippen molar-refractivity contribution >= 4 is 23.1 Å². The second-order valence-electron chi connectivity index (χ2n) is 4.73. The van der Waals surface area contributed by atoms with Crippen LogP contribution in [0.15, 0.2) is 23.0 Å². The van der Waals surface area contributed by atoms with Crippen LogP contribution in [-0.2, 0) is 6.54 Å². The van der Waals surface area contributed by atoms with E-state index >= 15 is 0 Å². The van der Waals surface area contributed by atoms with Crippen LogP contribution in [0.3, 0.4) is 0 Å². The lowest BCUT2D eigenvalue weighted by Crippen LogP contribution is -2.24. The fourth-order valence-corrected chi connectivity index (χ4v) is 2.26. The summed E-state index contributed by atoms with van der Waals surface area (Å²) in [7, 11) is 3.94. The van der Waals surface area contributed by atoms with Crippen molar-refractivity contribution in [2.24, 2.45) is 0 Å². The van der Waals surface area contributed by atoms with Crippen LogP contribution >= 0.6 is 12.2 Å². The number of benzene rings is 1. The van der Waals surface area contributed by atoms with Gasteiger partial charge in [0.25, 0.3) is 5.56 Å². The molecule has 0 radical (unpaired) electrons. The lowest BCUT2D eigenvalue weighted by atomic mass is 10.2. The second kappa shape index (κ2) is 5.63. The molecule has 0 spiro atoms. The van der Waals surface area contributed by atoms with E-state index in [9.17, 15) is 9.18 Å². The van der Waals surface area contributed by atoms with Gasteiger partial charge in [-0.25, -0.2) is 4.39 Å². The van der Waals surface area contributed by atoms with Crippen LogP contribution in [0.5, 0.6) is 0 Å². The third kappa shape index (κ3) is 3.08.